The number of phenols is 1. The largest absolute Gasteiger partial charge is 0.510 e. The maximum atomic E-state index is 13.9. The number of phenolic OH excluding ortho intramolecular Hbond substituents is 1. The summed E-state index contributed by atoms with van der Waals surface area (Å²) >= 11 is 6.92. The normalized spacial score (nSPS) is 29.1. The molecule has 6 N–H and O–H groups in total. The van der Waals surface area contributed by atoms with Crippen molar-refractivity contribution in [2.24, 2.45) is 28.9 Å². The minimum absolute atomic E-state index is 0.0212. The molecule has 0 bridgehead atoms. The van der Waals surface area contributed by atoms with Gasteiger partial charge < -0.3 is 26.2 Å². The van der Waals surface area contributed by atoms with Gasteiger partial charge in [0.2, 0.25) is 5.78 Å². The van der Waals surface area contributed by atoms with Crippen LogP contribution in [-0.2, 0) is 22.6 Å². The number of aromatic hydroxyl groups is 1. The highest BCUT2D eigenvalue weighted by molar-refractivity contribution is 6.33. The number of amides is 1. The van der Waals surface area contributed by atoms with Crippen molar-refractivity contribution in [1.29, 1.82) is 0 Å². The summed E-state index contributed by atoms with van der Waals surface area (Å²) in [7, 11) is 3.19. The van der Waals surface area contributed by atoms with Crippen molar-refractivity contribution in [3.63, 3.8) is 0 Å². The Labute approximate surface area is 250 Å². The summed E-state index contributed by atoms with van der Waals surface area (Å²) in [5.41, 5.74) is 3.01. The number of aliphatic hydroxyl groups excluding tert-OH is 2. The van der Waals surface area contributed by atoms with Gasteiger partial charge in [-0.2, -0.15) is 0 Å². The van der Waals surface area contributed by atoms with Crippen molar-refractivity contribution >= 4 is 29.1 Å². The van der Waals surface area contributed by atoms with Crippen molar-refractivity contribution in [2.45, 2.75) is 64.6 Å². The van der Waals surface area contributed by atoms with Gasteiger partial charge in [0, 0.05) is 23.1 Å². The number of likely N-dealkylation sites (tertiary alicyclic amines) is 1. The number of nitrogens with zero attached hydrogens (tertiary/aromatic N) is 2. The van der Waals surface area contributed by atoms with Gasteiger partial charge in [-0.25, -0.2) is 0 Å². The molecule has 0 spiro atoms. The third-order valence-electron chi connectivity index (χ3n) is 9.94. The van der Waals surface area contributed by atoms with Gasteiger partial charge >= 0.3 is 0 Å². The van der Waals surface area contributed by atoms with Crippen LogP contribution in [0, 0.1) is 23.2 Å². The van der Waals surface area contributed by atoms with Crippen LogP contribution < -0.4 is 5.73 Å². The van der Waals surface area contributed by atoms with E-state index in [2.05, 4.69) is 25.7 Å². The van der Waals surface area contributed by atoms with Crippen LogP contribution in [0.5, 0.6) is 5.75 Å². The molecule has 0 aromatic heterocycles. The number of hydrogen-bond donors (Lipinski definition) is 5. The van der Waals surface area contributed by atoms with Crippen molar-refractivity contribution in [2.75, 3.05) is 27.2 Å². The van der Waals surface area contributed by atoms with Crippen LogP contribution in [0.3, 0.4) is 0 Å². The third-order valence-corrected chi connectivity index (χ3v) is 10.4. The molecule has 0 saturated carbocycles. The first kappa shape index (κ1) is 30.5. The van der Waals surface area contributed by atoms with Gasteiger partial charge in [-0.15, -0.1) is 0 Å². The van der Waals surface area contributed by atoms with Crippen LogP contribution >= 0.6 is 11.6 Å². The predicted molar refractivity (Wildman–Crippen MR) is 156 cm³/mol. The summed E-state index contributed by atoms with van der Waals surface area (Å²) in [5, 5.41) is 45.5. The number of rotatable bonds is 4. The van der Waals surface area contributed by atoms with Gasteiger partial charge in [-0.05, 0) is 87.3 Å². The molecule has 11 heteroatoms. The number of benzene rings is 1. The summed E-state index contributed by atoms with van der Waals surface area (Å²) < 4.78 is 0. The fraction of sp³-hybridized carbons (Fsp3) is 0.581. The number of carbonyl (C=O) groups is 3. The number of fused-ring (bicyclic) bond motifs is 3. The number of piperidine rings is 1. The Balaban J connectivity index is 1.53. The minimum atomic E-state index is -2.66. The first-order chi connectivity index (χ1) is 19.5. The molecule has 4 aliphatic rings. The third kappa shape index (κ3) is 4.54. The minimum Gasteiger partial charge on any atom is -0.510 e. The topological polar surface area (TPSA) is 165 Å². The molecular formula is C31H40ClN3O7. The molecule has 3 aliphatic carbocycles. The number of aliphatic hydroxyl groups is 3. The highest BCUT2D eigenvalue weighted by Gasteiger charge is 2.63. The lowest BCUT2D eigenvalue weighted by Gasteiger charge is -2.50. The fourth-order valence-corrected chi connectivity index (χ4v) is 7.95. The van der Waals surface area contributed by atoms with E-state index < -0.39 is 58.0 Å². The number of likely N-dealkylation sites (N-methyl/N-ethyl adjacent to an activating group) is 1. The Bertz CT molecular complexity index is 1430. The molecule has 4 atom stereocenters. The number of Topliss-reactive ketones (excluding diaryl/α,β-unsaturated/α-hetero) is 2. The lowest BCUT2D eigenvalue weighted by Crippen LogP contribution is -2.63. The van der Waals surface area contributed by atoms with Gasteiger partial charge in [0.05, 0.1) is 11.6 Å². The summed E-state index contributed by atoms with van der Waals surface area (Å²) in [6.45, 7) is 9.07. The van der Waals surface area contributed by atoms with Crippen LogP contribution in [0.15, 0.2) is 28.7 Å². The van der Waals surface area contributed by atoms with Crippen molar-refractivity contribution in [3.05, 3.63) is 50.4 Å². The van der Waals surface area contributed by atoms with E-state index in [0.29, 0.717) is 28.6 Å². The van der Waals surface area contributed by atoms with Crippen molar-refractivity contribution < 1.29 is 34.8 Å². The number of ketones is 2. The second-order valence-corrected chi connectivity index (χ2v) is 14.0. The SMILES string of the molecule is CN(C)[C@@H]1C(O)=C(C(N)=O)C(=O)[C@@]2(O)C(O)=C3C(=O)c4c(O)cc(CN5CCC(C(C)(C)C)CC5)c(Cl)c4C[C@H]3C[C@@H]12. The summed E-state index contributed by atoms with van der Waals surface area (Å²) in [4.78, 5) is 43.2. The zero-order chi connectivity index (χ0) is 31.0. The molecule has 5 rings (SSSR count). The molecule has 1 aromatic carbocycles. The van der Waals surface area contributed by atoms with Crippen LogP contribution in [-0.4, -0.2) is 86.5 Å². The lowest BCUT2D eigenvalue weighted by atomic mass is 9.58. The van der Waals surface area contributed by atoms with E-state index in [0.717, 1.165) is 25.9 Å². The number of nitrogens with two attached hydrogens (primary N) is 1. The van der Waals surface area contributed by atoms with Gasteiger partial charge in [0.1, 0.15) is 22.8 Å². The highest BCUT2D eigenvalue weighted by atomic mass is 35.5. The van der Waals surface area contributed by atoms with E-state index in [4.69, 9.17) is 17.3 Å². The quantitative estimate of drug-likeness (QED) is 0.326. The molecule has 0 radical (unpaired) electrons. The molecule has 1 fully saturated rings. The van der Waals surface area contributed by atoms with E-state index in [1.165, 1.54) is 11.0 Å². The zero-order valence-electron chi connectivity index (χ0n) is 24.7. The van der Waals surface area contributed by atoms with Crippen molar-refractivity contribution in [1.82, 2.24) is 9.80 Å². The average molecular weight is 602 g/mol. The molecular weight excluding hydrogens is 562 g/mol. The predicted octanol–water partition coefficient (Wildman–Crippen LogP) is 3.03. The van der Waals surface area contributed by atoms with E-state index in [-0.39, 0.29) is 35.1 Å². The monoisotopic (exact) mass is 601 g/mol. The second kappa shape index (κ2) is 10.4. The Hall–Kier alpha value is -2.92. The Morgan fingerprint density at radius 2 is 1.79 bits per heavy atom. The van der Waals surface area contributed by atoms with Gasteiger partial charge in [-0.3, -0.25) is 24.2 Å². The molecule has 1 aromatic rings. The molecule has 10 nitrogen and oxygen atoms in total. The van der Waals surface area contributed by atoms with Crippen molar-refractivity contribution in [3.8, 4) is 5.75 Å². The highest BCUT2D eigenvalue weighted by Crippen LogP contribution is 2.53. The zero-order valence-corrected chi connectivity index (χ0v) is 25.5. The average Bonchev–Trinajstić information content (AvgIpc) is 2.88. The molecule has 1 aliphatic heterocycles. The molecule has 1 amide bonds. The Morgan fingerprint density at radius 1 is 1.17 bits per heavy atom. The van der Waals surface area contributed by atoms with Gasteiger partial charge in [0.15, 0.2) is 11.4 Å². The molecule has 0 unspecified atom stereocenters. The van der Waals surface area contributed by atoms with Crippen LogP contribution in [0.4, 0.5) is 0 Å². The second-order valence-electron chi connectivity index (χ2n) is 13.6. The maximum Gasteiger partial charge on any atom is 0.255 e. The number of hydrogen-bond acceptors (Lipinski definition) is 9. The van der Waals surface area contributed by atoms with Crippen LogP contribution in [0.1, 0.15) is 61.5 Å². The molecule has 228 valence electrons. The van der Waals surface area contributed by atoms with Crippen LogP contribution in [0.2, 0.25) is 5.02 Å². The fourth-order valence-electron chi connectivity index (χ4n) is 7.67. The first-order valence-electron chi connectivity index (χ1n) is 14.4. The Kier molecular flexibility index (Phi) is 7.53. The van der Waals surface area contributed by atoms with E-state index in [1.54, 1.807) is 14.1 Å². The summed E-state index contributed by atoms with van der Waals surface area (Å²) in [5.74, 6) is -6.15. The standard InChI is InChI=1S/C31H40ClN3O7/c1-30(2,3)16-6-8-35(9-7-16)13-15-12-19(36)21-17(23(15)32)10-14-11-18-24(34(4)5)26(38)22(29(33)41)28(40)31(18,42)27(39)20(14)25(21)37/h12,14,16,18,24,36,38-39,42H,6-11,13H2,1-5H3,(H2,33,41)/t14-,18-,24-,31-/m0/s1. The Morgan fingerprint density at radius 3 is 2.33 bits per heavy atom. The number of primary amides is 1. The van der Waals surface area contributed by atoms with Gasteiger partial charge in [0.25, 0.3) is 5.91 Å². The summed E-state index contributed by atoms with van der Waals surface area (Å²) in [6, 6.07) is 0.439. The van der Waals surface area contributed by atoms with Crippen LogP contribution in [0.25, 0.3) is 0 Å². The van der Waals surface area contributed by atoms with Gasteiger partial charge in [-0.1, -0.05) is 32.4 Å². The number of halogens is 1. The van der Waals surface area contributed by atoms with E-state index in [1.807, 2.05) is 0 Å². The lowest BCUT2D eigenvalue weighted by molar-refractivity contribution is -0.148. The van der Waals surface area contributed by atoms with E-state index in [9.17, 15) is 34.8 Å². The molecule has 1 heterocycles. The smallest absolute Gasteiger partial charge is 0.255 e. The molecule has 42 heavy (non-hydrogen) atoms. The number of allylic oxidation sites excluding steroid dienone is 1. The maximum absolute atomic E-state index is 13.9. The molecule has 1 saturated heterocycles. The first-order valence-corrected chi connectivity index (χ1v) is 14.8. The number of carbonyl (C=O) groups excluding carboxylic acids is 3. The summed E-state index contributed by atoms with van der Waals surface area (Å²) in [6.07, 6.45) is 2.30. The van der Waals surface area contributed by atoms with E-state index >= 15 is 0 Å².